The van der Waals surface area contributed by atoms with Crippen molar-refractivity contribution in [1.82, 2.24) is 5.32 Å². The van der Waals surface area contributed by atoms with E-state index in [1.807, 2.05) is 26.0 Å². The molecule has 1 amide bonds. The lowest BCUT2D eigenvalue weighted by Crippen LogP contribution is -2.24. The summed E-state index contributed by atoms with van der Waals surface area (Å²) in [7, 11) is 0. The first-order valence-electron chi connectivity index (χ1n) is 6.61. The van der Waals surface area contributed by atoms with Gasteiger partial charge in [0.15, 0.2) is 5.76 Å². The van der Waals surface area contributed by atoms with Crippen LogP contribution >= 0.6 is 0 Å². The van der Waals surface area contributed by atoms with Gasteiger partial charge >= 0.3 is 0 Å². The van der Waals surface area contributed by atoms with Crippen LogP contribution in [0.5, 0.6) is 0 Å². The van der Waals surface area contributed by atoms with E-state index in [4.69, 9.17) is 10.2 Å². The van der Waals surface area contributed by atoms with E-state index >= 15 is 0 Å². The van der Waals surface area contributed by atoms with Gasteiger partial charge in [0.2, 0.25) is 0 Å². The fraction of sp³-hybridized carbons (Fsp3) is 0.400. The molecular formula is C15H20N2O2. The molecule has 0 atom stereocenters. The van der Waals surface area contributed by atoms with Crippen LogP contribution < -0.4 is 11.1 Å². The fourth-order valence-corrected chi connectivity index (χ4v) is 1.97. The maximum absolute atomic E-state index is 11.9. The average Bonchev–Trinajstić information content (AvgIpc) is 2.78. The van der Waals surface area contributed by atoms with Crippen LogP contribution in [-0.2, 0) is 0 Å². The molecule has 1 aromatic carbocycles. The molecular weight excluding hydrogens is 240 g/mol. The minimum atomic E-state index is -0.163. The number of unbranched alkanes of at least 4 members (excludes halogenated alkanes) is 1. The van der Waals surface area contributed by atoms with Gasteiger partial charge in [0.1, 0.15) is 5.58 Å². The molecule has 0 aliphatic heterocycles. The summed E-state index contributed by atoms with van der Waals surface area (Å²) in [4.78, 5) is 11.9. The molecule has 0 spiro atoms. The molecule has 2 rings (SSSR count). The van der Waals surface area contributed by atoms with E-state index in [9.17, 15) is 4.79 Å². The highest BCUT2D eigenvalue weighted by molar-refractivity contribution is 5.96. The topological polar surface area (TPSA) is 68.3 Å². The first kappa shape index (κ1) is 13.6. The number of nitrogens with one attached hydrogen (secondary N) is 1. The minimum absolute atomic E-state index is 0.163. The van der Waals surface area contributed by atoms with Gasteiger partial charge in [0.05, 0.1) is 0 Å². The Kier molecular flexibility index (Phi) is 4.22. The monoisotopic (exact) mass is 260 g/mol. The molecule has 0 saturated carbocycles. The van der Waals surface area contributed by atoms with Crippen LogP contribution in [0.4, 0.5) is 0 Å². The Hall–Kier alpha value is -1.81. The summed E-state index contributed by atoms with van der Waals surface area (Å²) in [5.74, 6) is 0.205. The van der Waals surface area contributed by atoms with Crippen LogP contribution in [0.15, 0.2) is 22.6 Å². The molecule has 0 fully saturated rings. The van der Waals surface area contributed by atoms with Gasteiger partial charge in [0.25, 0.3) is 5.91 Å². The quantitative estimate of drug-likeness (QED) is 0.812. The second kappa shape index (κ2) is 5.89. The highest BCUT2D eigenvalue weighted by Crippen LogP contribution is 2.23. The third-order valence-corrected chi connectivity index (χ3v) is 3.27. The number of hydrogen-bond donors (Lipinski definition) is 2. The number of fused-ring (bicyclic) bond motifs is 1. The van der Waals surface area contributed by atoms with Crippen molar-refractivity contribution in [2.24, 2.45) is 5.73 Å². The summed E-state index contributed by atoms with van der Waals surface area (Å²) in [6, 6.07) is 5.80. The number of carbonyl (C=O) groups is 1. The number of furan rings is 1. The van der Waals surface area contributed by atoms with Crippen LogP contribution in [0.25, 0.3) is 11.0 Å². The molecule has 0 bridgehead atoms. The summed E-state index contributed by atoms with van der Waals surface area (Å²) in [5, 5.41) is 3.80. The molecule has 102 valence electrons. The van der Waals surface area contributed by atoms with Gasteiger partial charge < -0.3 is 15.5 Å². The maximum Gasteiger partial charge on any atom is 0.287 e. The van der Waals surface area contributed by atoms with E-state index in [2.05, 4.69) is 5.32 Å². The minimum Gasteiger partial charge on any atom is -0.451 e. The maximum atomic E-state index is 11.9. The standard InChI is InChI=1S/C15H20N2O2/c1-10-7-12-9-14(19-13(12)8-11(10)2)15(18)17-6-4-3-5-16/h7-9H,3-6,16H2,1-2H3,(H,17,18). The molecule has 0 radical (unpaired) electrons. The highest BCUT2D eigenvalue weighted by Gasteiger charge is 2.12. The molecule has 0 aliphatic rings. The zero-order chi connectivity index (χ0) is 13.8. The molecule has 0 saturated heterocycles. The van der Waals surface area contributed by atoms with Crippen molar-refractivity contribution >= 4 is 16.9 Å². The Bertz CT molecular complexity index is 548. The van der Waals surface area contributed by atoms with Crippen molar-refractivity contribution < 1.29 is 9.21 Å². The SMILES string of the molecule is Cc1cc2cc(C(=O)NCCCCN)oc2cc1C. The van der Waals surface area contributed by atoms with Crippen molar-refractivity contribution in [3.63, 3.8) is 0 Å². The molecule has 1 heterocycles. The Morgan fingerprint density at radius 1 is 1.21 bits per heavy atom. The van der Waals surface area contributed by atoms with Gasteiger partial charge in [-0.15, -0.1) is 0 Å². The van der Waals surface area contributed by atoms with Gasteiger partial charge in [0, 0.05) is 11.9 Å². The van der Waals surface area contributed by atoms with Gasteiger partial charge in [-0.1, -0.05) is 0 Å². The van der Waals surface area contributed by atoms with Crippen LogP contribution in [0.2, 0.25) is 0 Å². The second-order valence-corrected chi connectivity index (χ2v) is 4.84. The average molecular weight is 260 g/mol. The van der Waals surface area contributed by atoms with Crippen LogP contribution in [0.1, 0.15) is 34.5 Å². The zero-order valence-electron chi connectivity index (χ0n) is 11.5. The summed E-state index contributed by atoms with van der Waals surface area (Å²) >= 11 is 0. The molecule has 19 heavy (non-hydrogen) atoms. The van der Waals surface area contributed by atoms with Crippen molar-refractivity contribution in [3.8, 4) is 0 Å². The van der Waals surface area contributed by atoms with Gasteiger partial charge in [-0.2, -0.15) is 0 Å². The lowest BCUT2D eigenvalue weighted by atomic mass is 10.1. The Morgan fingerprint density at radius 2 is 1.95 bits per heavy atom. The van der Waals surface area contributed by atoms with E-state index in [0.29, 0.717) is 18.8 Å². The number of rotatable bonds is 5. The van der Waals surface area contributed by atoms with Gasteiger partial charge in [-0.3, -0.25) is 4.79 Å². The summed E-state index contributed by atoms with van der Waals surface area (Å²) in [6.07, 6.45) is 1.81. The molecule has 1 aromatic heterocycles. The van der Waals surface area contributed by atoms with E-state index in [-0.39, 0.29) is 5.91 Å². The lowest BCUT2D eigenvalue weighted by Gasteiger charge is -2.01. The van der Waals surface area contributed by atoms with E-state index < -0.39 is 0 Å². The zero-order valence-corrected chi connectivity index (χ0v) is 11.5. The van der Waals surface area contributed by atoms with Crippen LogP contribution in [-0.4, -0.2) is 19.0 Å². The smallest absolute Gasteiger partial charge is 0.287 e. The normalized spacial score (nSPS) is 10.9. The van der Waals surface area contributed by atoms with Crippen molar-refractivity contribution in [2.45, 2.75) is 26.7 Å². The van der Waals surface area contributed by atoms with E-state index in [1.165, 1.54) is 5.56 Å². The Morgan fingerprint density at radius 3 is 2.68 bits per heavy atom. The second-order valence-electron chi connectivity index (χ2n) is 4.84. The number of carbonyl (C=O) groups excluding carboxylic acids is 1. The first-order valence-corrected chi connectivity index (χ1v) is 6.61. The molecule has 3 N–H and O–H groups in total. The number of nitrogens with two attached hydrogens (primary N) is 1. The highest BCUT2D eigenvalue weighted by atomic mass is 16.3. The van der Waals surface area contributed by atoms with Crippen molar-refractivity contribution in [2.75, 3.05) is 13.1 Å². The Balaban J connectivity index is 2.10. The summed E-state index contributed by atoms with van der Waals surface area (Å²) in [5.41, 5.74) is 8.53. The predicted molar refractivity (Wildman–Crippen MR) is 76.3 cm³/mol. The summed E-state index contributed by atoms with van der Waals surface area (Å²) in [6.45, 7) is 5.36. The molecule has 4 heteroatoms. The number of hydrogen-bond acceptors (Lipinski definition) is 3. The van der Waals surface area contributed by atoms with E-state index in [0.717, 1.165) is 29.4 Å². The van der Waals surface area contributed by atoms with Crippen molar-refractivity contribution in [3.05, 3.63) is 35.1 Å². The third kappa shape index (κ3) is 3.15. The largest absolute Gasteiger partial charge is 0.451 e. The predicted octanol–water partition coefficient (Wildman–Crippen LogP) is 2.52. The summed E-state index contributed by atoms with van der Waals surface area (Å²) < 4.78 is 5.59. The van der Waals surface area contributed by atoms with Crippen LogP contribution in [0.3, 0.4) is 0 Å². The van der Waals surface area contributed by atoms with Crippen molar-refractivity contribution in [1.29, 1.82) is 0 Å². The third-order valence-electron chi connectivity index (χ3n) is 3.27. The van der Waals surface area contributed by atoms with Gasteiger partial charge in [-0.25, -0.2) is 0 Å². The molecule has 0 unspecified atom stereocenters. The molecule has 4 nitrogen and oxygen atoms in total. The van der Waals surface area contributed by atoms with Crippen LogP contribution in [0, 0.1) is 13.8 Å². The van der Waals surface area contributed by atoms with Gasteiger partial charge in [-0.05, 0) is 62.6 Å². The number of amides is 1. The lowest BCUT2D eigenvalue weighted by molar-refractivity contribution is 0.0927. The van der Waals surface area contributed by atoms with E-state index in [1.54, 1.807) is 6.07 Å². The Labute approximate surface area is 113 Å². The number of benzene rings is 1. The number of aryl methyl sites for hydroxylation is 2. The first-order chi connectivity index (χ1) is 9.11. The molecule has 0 aliphatic carbocycles. The molecule has 2 aromatic rings. The fourth-order valence-electron chi connectivity index (χ4n) is 1.97.